The van der Waals surface area contributed by atoms with Crippen LogP contribution in [0.1, 0.15) is 5.56 Å². The number of benzene rings is 1. The van der Waals surface area contributed by atoms with Crippen molar-refractivity contribution in [2.45, 2.75) is 6.92 Å². The fraction of sp³-hybridized carbons (Fsp3) is 0.111. The molecule has 0 aliphatic rings. The van der Waals surface area contributed by atoms with E-state index >= 15 is 0 Å². The molecule has 0 saturated carbocycles. The fourth-order valence-electron chi connectivity index (χ4n) is 2.48. The summed E-state index contributed by atoms with van der Waals surface area (Å²) in [6.45, 7) is 2.16. The fourth-order valence-corrected chi connectivity index (χ4v) is 2.48. The maximum absolute atomic E-state index is 4.07. The Kier molecular flexibility index (Phi) is 3.30. The van der Waals surface area contributed by atoms with E-state index in [2.05, 4.69) is 60.1 Å². The van der Waals surface area contributed by atoms with E-state index < -0.39 is 0 Å². The molecule has 2 nitrogen and oxygen atoms in total. The Hall–Kier alpha value is -2.48. The van der Waals surface area contributed by atoms with Gasteiger partial charge in [-0.1, -0.05) is 12.1 Å². The Labute approximate surface area is 119 Å². The van der Waals surface area contributed by atoms with Crippen molar-refractivity contribution in [3.63, 3.8) is 0 Å². The molecule has 0 bridgehead atoms. The second-order valence-corrected chi connectivity index (χ2v) is 4.96. The SMILES string of the molecule is Cc1cc(-c2ccncc2)ccc1-c1cccc[n+]1C. The molecule has 0 atom stereocenters. The second kappa shape index (κ2) is 5.25. The summed E-state index contributed by atoms with van der Waals surface area (Å²) in [6, 6.07) is 16.9. The number of rotatable bonds is 2. The molecule has 98 valence electrons. The lowest BCUT2D eigenvalue weighted by molar-refractivity contribution is -0.660. The van der Waals surface area contributed by atoms with Crippen LogP contribution >= 0.6 is 0 Å². The Balaban J connectivity index is 2.07. The van der Waals surface area contributed by atoms with Crippen molar-refractivity contribution in [3.05, 3.63) is 72.7 Å². The minimum Gasteiger partial charge on any atom is -0.265 e. The van der Waals surface area contributed by atoms with Gasteiger partial charge in [-0.15, -0.1) is 0 Å². The van der Waals surface area contributed by atoms with E-state index in [4.69, 9.17) is 0 Å². The Bertz CT molecular complexity index is 733. The normalized spacial score (nSPS) is 10.5. The van der Waals surface area contributed by atoms with Gasteiger partial charge in [-0.05, 0) is 47.9 Å². The van der Waals surface area contributed by atoms with Gasteiger partial charge in [-0.2, -0.15) is 0 Å². The molecule has 0 aliphatic heterocycles. The van der Waals surface area contributed by atoms with Crippen molar-refractivity contribution < 1.29 is 4.57 Å². The summed E-state index contributed by atoms with van der Waals surface area (Å²) >= 11 is 0. The smallest absolute Gasteiger partial charge is 0.212 e. The molecule has 0 radical (unpaired) electrons. The number of aromatic nitrogens is 2. The molecule has 2 heteroatoms. The Morgan fingerprint density at radius 3 is 2.40 bits per heavy atom. The third-order valence-electron chi connectivity index (χ3n) is 3.57. The van der Waals surface area contributed by atoms with Gasteiger partial charge in [0.05, 0.1) is 0 Å². The van der Waals surface area contributed by atoms with Crippen LogP contribution in [0.2, 0.25) is 0 Å². The van der Waals surface area contributed by atoms with E-state index in [0.717, 1.165) is 0 Å². The van der Waals surface area contributed by atoms with Crippen LogP contribution in [0.15, 0.2) is 67.1 Å². The van der Waals surface area contributed by atoms with Crippen LogP contribution in [0.3, 0.4) is 0 Å². The van der Waals surface area contributed by atoms with Crippen molar-refractivity contribution in [3.8, 4) is 22.4 Å². The minimum atomic E-state index is 1.20. The molecule has 20 heavy (non-hydrogen) atoms. The Morgan fingerprint density at radius 1 is 0.900 bits per heavy atom. The van der Waals surface area contributed by atoms with Crippen molar-refractivity contribution in [2.75, 3.05) is 0 Å². The Morgan fingerprint density at radius 2 is 1.70 bits per heavy atom. The minimum absolute atomic E-state index is 1.20. The molecular weight excluding hydrogens is 244 g/mol. The van der Waals surface area contributed by atoms with E-state index in [9.17, 15) is 0 Å². The number of hydrogen-bond acceptors (Lipinski definition) is 1. The van der Waals surface area contributed by atoms with Crippen LogP contribution in [0, 0.1) is 6.92 Å². The lowest BCUT2D eigenvalue weighted by atomic mass is 9.98. The summed E-state index contributed by atoms with van der Waals surface area (Å²) in [5.41, 5.74) is 6.21. The molecule has 2 heterocycles. The summed E-state index contributed by atoms with van der Waals surface area (Å²) in [7, 11) is 2.07. The lowest BCUT2D eigenvalue weighted by Gasteiger charge is -2.07. The van der Waals surface area contributed by atoms with Gasteiger partial charge in [0.15, 0.2) is 6.20 Å². The monoisotopic (exact) mass is 261 g/mol. The summed E-state index contributed by atoms with van der Waals surface area (Å²) in [6.07, 6.45) is 5.73. The van der Waals surface area contributed by atoms with E-state index in [1.165, 1.54) is 27.9 Å². The van der Waals surface area contributed by atoms with Gasteiger partial charge in [-0.25, -0.2) is 4.57 Å². The van der Waals surface area contributed by atoms with Crippen LogP contribution in [-0.2, 0) is 7.05 Å². The standard InChI is InChI=1S/C18H17N2/c1-14-13-16(15-8-10-19-11-9-15)6-7-17(14)18-5-3-4-12-20(18)2/h3-13H,1-2H3/q+1. The molecule has 0 amide bonds. The zero-order valence-corrected chi connectivity index (χ0v) is 11.7. The topological polar surface area (TPSA) is 16.8 Å². The van der Waals surface area contributed by atoms with Crippen LogP contribution in [0.25, 0.3) is 22.4 Å². The first-order chi connectivity index (χ1) is 9.75. The first kappa shape index (κ1) is 12.5. The molecule has 0 saturated heterocycles. The van der Waals surface area contributed by atoms with Crippen LogP contribution in [0.4, 0.5) is 0 Å². The average Bonchev–Trinajstić information content (AvgIpc) is 2.49. The summed E-state index contributed by atoms with van der Waals surface area (Å²) in [5, 5.41) is 0. The molecular formula is C18H17N2+. The quantitative estimate of drug-likeness (QED) is 0.645. The van der Waals surface area contributed by atoms with Gasteiger partial charge in [0.1, 0.15) is 7.05 Å². The molecule has 0 unspecified atom stereocenters. The molecule has 0 aliphatic carbocycles. The third-order valence-corrected chi connectivity index (χ3v) is 3.57. The molecule has 0 fully saturated rings. The maximum Gasteiger partial charge on any atom is 0.212 e. The van der Waals surface area contributed by atoms with Gasteiger partial charge in [0, 0.05) is 30.1 Å². The molecule has 0 N–H and O–H groups in total. The largest absolute Gasteiger partial charge is 0.265 e. The molecule has 3 aromatic rings. The van der Waals surface area contributed by atoms with Gasteiger partial charge in [0.25, 0.3) is 0 Å². The highest BCUT2D eigenvalue weighted by molar-refractivity contribution is 5.70. The van der Waals surface area contributed by atoms with Crippen molar-refractivity contribution in [1.82, 2.24) is 4.98 Å². The number of pyridine rings is 2. The average molecular weight is 261 g/mol. The van der Waals surface area contributed by atoms with Gasteiger partial charge in [-0.3, -0.25) is 4.98 Å². The molecule has 1 aromatic carbocycles. The van der Waals surface area contributed by atoms with Gasteiger partial charge in [0.2, 0.25) is 5.69 Å². The first-order valence-electron chi connectivity index (χ1n) is 6.72. The van der Waals surface area contributed by atoms with E-state index in [-0.39, 0.29) is 0 Å². The van der Waals surface area contributed by atoms with Crippen LogP contribution in [-0.4, -0.2) is 4.98 Å². The van der Waals surface area contributed by atoms with E-state index in [1.54, 1.807) is 0 Å². The lowest BCUT2D eigenvalue weighted by Crippen LogP contribution is -2.30. The van der Waals surface area contributed by atoms with Crippen molar-refractivity contribution in [1.29, 1.82) is 0 Å². The van der Waals surface area contributed by atoms with Crippen molar-refractivity contribution >= 4 is 0 Å². The molecule has 0 spiro atoms. The number of hydrogen-bond donors (Lipinski definition) is 0. The van der Waals surface area contributed by atoms with Crippen molar-refractivity contribution in [2.24, 2.45) is 7.05 Å². The number of aryl methyl sites for hydroxylation is 2. The highest BCUT2D eigenvalue weighted by atomic mass is 14.9. The van der Waals surface area contributed by atoms with Crippen LogP contribution < -0.4 is 4.57 Å². The third kappa shape index (κ3) is 2.32. The zero-order valence-electron chi connectivity index (χ0n) is 11.7. The summed E-state index contributed by atoms with van der Waals surface area (Å²) in [5.74, 6) is 0. The highest BCUT2D eigenvalue weighted by Crippen LogP contribution is 2.26. The second-order valence-electron chi connectivity index (χ2n) is 4.96. The van der Waals surface area contributed by atoms with Crippen LogP contribution in [0.5, 0.6) is 0 Å². The summed E-state index contributed by atoms with van der Waals surface area (Å²) in [4.78, 5) is 4.07. The highest BCUT2D eigenvalue weighted by Gasteiger charge is 2.11. The predicted octanol–water partition coefficient (Wildman–Crippen LogP) is 3.55. The molecule has 3 rings (SSSR count). The first-order valence-corrected chi connectivity index (χ1v) is 6.72. The van der Waals surface area contributed by atoms with E-state index in [0.29, 0.717) is 0 Å². The zero-order chi connectivity index (χ0) is 13.9. The van der Waals surface area contributed by atoms with Gasteiger partial charge < -0.3 is 0 Å². The van der Waals surface area contributed by atoms with Gasteiger partial charge >= 0.3 is 0 Å². The summed E-state index contributed by atoms with van der Waals surface area (Å²) < 4.78 is 2.15. The van der Waals surface area contributed by atoms with E-state index in [1.807, 2.05) is 30.6 Å². The predicted molar refractivity (Wildman–Crippen MR) is 81.0 cm³/mol. The number of nitrogens with zero attached hydrogens (tertiary/aromatic N) is 2. The molecule has 2 aromatic heterocycles. The maximum atomic E-state index is 4.07.